The number of benzene rings is 2. The molecule has 0 spiro atoms. The molecule has 3 rings (SSSR count). The number of rotatable bonds is 5. The van der Waals surface area contributed by atoms with Gasteiger partial charge in [0.2, 0.25) is 0 Å². The van der Waals surface area contributed by atoms with Crippen molar-refractivity contribution in [3.8, 4) is 0 Å². The van der Waals surface area contributed by atoms with Crippen LogP contribution in [-0.2, 0) is 19.3 Å². The van der Waals surface area contributed by atoms with E-state index < -0.39 is 0 Å². The molecule has 2 heteroatoms. The third-order valence-corrected chi connectivity index (χ3v) is 4.01. The summed E-state index contributed by atoms with van der Waals surface area (Å²) >= 11 is 0. The molecule has 0 amide bonds. The van der Waals surface area contributed by atoms with Crippen molar-refractivity contribution in [2.75, 3.05) is 6.54 Å². The predicted octanol–water partition coefficient (Wildman–Crippen LogP) is 2.35. The first-order valence-corrected chi connectivity index (χ1v) is 7.33. The van der Waals surface area contributed by atoms with Gasteiger partial charge in [-0.2, -0.15) is 0 Å². The summed E-state index contributed by atoms with van der Waals surface area (Å²) in [6, 6.07) is 19.3. The third-order valence-electron chi connectivity index (χ3n) is 4.01. The van der Waals surface area contributed by atoms with E-state index in [4.69, 9.17) is 0 Å². The fraction of sp³-hybridized carbons (Fsp3) is 0.333. The molecule has 104 valence electrons. The summed E-state index contributed by atoms with van der Waals surface area (Å²) in [5, 5.41) is 13.6. The first kappa shape index (κ1) is 13.3. The molecule has 20 heavy (non-hydrogen) atoms. The predicted molar refractivity (Wildman–Crippen MR) is 81.8 cm³/mol. The third kappa shape index (κ3) is 3.27. The maximum atomic E-state index is 10.1. The Kier molecular flexibility index (Phi) is 4.14. The largest absolute Gasteiger partial charge is 0.391 e. The second-order valence-corrected chi connectivity index (χ2v) is 5.63. The van der Waals surface area contributed by atoms with E-state index in [1.807, 2.05) is 18.2 Å². The van der Waals surface area contributed by atoms with Gasteiger partial charge in [0.1, 0.15) is 0 Å². The van der Waals surface area contributed by atoms with E-state index in [0.717, 1.165) is 12.8 Å². The van der Waals surface area contributed by atoms with Crippen molar-refractivity contribution in [3.05, 3.63) is 71.3 Å². The molecule has 0 aliphatic heterocycles. The van der Waals surface area contributed by atoms with Gasteiger partial charge in [0.15, 0.2) is 0 Å². The fourth-order valence-corrected chi connectivity index (χ4v) is 2.96. The van der Waals surface area contributed by atoms with Crippen molar-refractivity contribution in [3.63, 3.8) is 0 Å². The standard InChI is InChI=1S/C18H21NO/c20-18(10-14-6-2-1-3-7-14)13-19-17-11-15-8-4-5-9-16(15)12-17/h1-9,17-20H,10-13H2. The Morgan fingerprint density at radius 1 is 0.950 bits per heavy atom. The number of fused-ring (bicyclic) bond motifs is 1. The summed E-state index contributed by atoms with van der Waals surface area (Å²) < 4.78 is 0. The van der Waals surface area contributed by atoms with E-state index in [2.05, 4.69) is 41.7 Å². The highest BCUT2D eigenvalue weighted by atomic mass is 16.3. The van der Waals surface area contributed by atoms with E-state index in [1.165, 1.54) is 16.7 Å². The van der Waals surface area contributed by atoms with Gasteiger partial charge in [-0.3, -0.25) is 0 Å². The molecular weight excluding hydrogens is 246 g/mol. The minimum absolute atomic E-state index is 0.318. The molecule has 0 aromatic heterocycles. The molecule has 2 aromatic rings. The van der Waals surface area contributed by atoms with Crippen molar-refractivity contribution in [1.29, 1.82) is 0 Å². The van der Waals surface area contributed by atoms with Crippen molar-refractivity contribution in [2.45, 2.75) is 31.4 Å². The van der Waals surface area contributed by atoms with Crippen LogP contribution in [0.15, 0.2) is 54.6 Å². The van der Waals surface area contributed by atoms with Gasteiger partial charge in [-0.15, -0.1) is 0 Å². The highest BCUT2D eigenvalue weighted by Gasteiger charge is 2.20. The summed E-state index contributed by atoms with van der Waals surface area (Å²) in [5.41, 5.74) is 4.08. The Morgan fingerprint density at radius 3 is 2.20 bits per heavy atom. The molecule has 2 aromatic carbocycles. The topological polar surface area (TPSA) is 32.3 Å². The summed E-state index contributed by atoms with van der Waals surface area (Å²) in [4.78, 5) is 0. The molecule has 0 fully saturated rings. The smallest absolute Gasteiger partial charge is 0.0704 e. The molecule has 1 atom stereocenters. The normalized spacial score (nSPS) is 16.1. The second kappa shape index (κ2) is 6.21. The Hall–Kier alpha value is -1.64. The lowest BCUT2D eigenvalue weighted by atomic mass is 10.1. The quantitative estimate of drug-likeness (QED) is 0.871. The molecule has 1 unspecified atom stereocenters. The van der Waals surface area contributed by atoms with E-state index in [1.54, 1.807) is 0 Å². The van der Waals surface area contributed by atoms with Crippen LogP contribution in [-0.4, -0.2) is 23.8 Å². The average molecular weight is 267 g/mol. The molecule has 2 N–H and O–H groups in total. The number of nitrogens with one attached hydrogen (secondary N) is 1. The maximum Gasteiger partial charge on any atom is 0.0704 e. The van der Waals surface area contributed by atoms with E-state index in [9.17, 15) is 5.11 Å². The SMILES string of the molecule is OC(CNC1Cc2ccccc2C1)Cc1ccccc1. The Balaban J connectivity index is 1.47. The molecule has 0 saturated heterocycles. The van der Waals surface area contributed by atoms with E-state index in [-0.39, 0.29) is 6.10 Å². The van der Waals surface area contributed by atoms with Gasteiger partial charge < -0.3 is 10.4 Å². The minimum Gasteiger partial charge on any atom is -0.391 e. The molecule has 1 aliphatic rings. The Morgan fingerprint density at radius 2 is 1.55 bits per heavy atom. The van der Waals surface area contributed by atoms with Crippen LogP contribution in [0.2, 0.25) is 0 Å². The molecule has 0 heterocycles. The molecule has 0 saturated carbocycles. The van der Waals surface area contributed by atoms with Crippen LogP contribution in [0, 0.1) is 0 Å². The zero-order chi connectivity index (χ0) is 13.8. The van der Waals surface area contributed by atoms with E-state index >= 15 is 0 Å². The maximum absolute atomic E-state index is 10.1. The summed E-state index contributed by atoms with van der Waals surface area (Å²) in [6.07, 6.45) is 2.55. The first-order chi connectivity index (χ1) is 9.81. The molecule has 2 nitrogen and oxygen atoms in total. The van der Waals surface area contributed by atoms with Crippen LogP contribution in [0.25, 0.3) is 0 Å². The highest BCUT2D eigenvalue weighted by molar-refractivity contribution is 5.33. The average Bonchev–Trinajstić information content (AvgIpc) is 2.89. The van der Waals surface area contributed by atoms with Gasteiger partial charge in [0.05, 0.1) is 6.10 Å². The monoisotopic (exact) mass is 267 g/mol. The number of aliphatic hydroxyl groups excluding tert-OH is 1. The summed E-state index contributed by atoms with van der Waals surface area (Å²) in [6.45, 7) is 0.660. The minimum atomic E-state index is -0.318. The Labute approximate surface area is 120 Å². The molecular formula is C18H21NO. The summed E-state index contributed by atoms with van der Waals surface area (Å²) in [5.74, 6) is 0. The fourth-order valence-electron chi connectivity index (χ4n) is 2.96. The van der Waals surface area contributed by atoms with Crippen molar-refractivity contribution < 1.29 is 5.11 Å². The molecule has 1 aliphatic carbocycles. The number of hydrogen-bond donors (Lipinski definition) is 2. The van der Waals surface area contributed by atoms with Gasteiger partial charge in [-0.05, 0) is 36.0 Å². The van der Waals surface area contributed by atoms with Crippen molar-refractivity contribution >= 4 is 0 Å². The van der Waals surface area contributed by atoms with Crippen LogP contribution in [0.1, 0.15) is 16.7 Å². The molecule has 0 radical (unpaired) electrons. The zero-order valence-electron chi connectivity index (χ0n) is 11.6. The highest BCUT2D eigenvalue weighted by Crippen LogP contribution is 2.21. The van der Waals surface area contributed by atoms with Gasteiger partial charge in [-0.25, -0.2) is 0 Å². The number of aliphatic hydroxyl groups is 1. The molecule has 0 bridgehead atoms. The van der Waals surface area contributed by atoms with Gasteiger partial charge >= 0.3 is 0 Å². The lowest BCUT2D eigenvalue weighted by Crippen LogP contribution is -2.36. The Bertz CT molecular complexity index is 527. The second-order valence-electron chi connectivity index (χ2n) is 5.63. The van der Waals surface area contributed by atoms with Crippen LogP contribution in [0.3, 0.4) is 0 Å². The van der Waals surface area contributed by atoms with Gasteiger partial charge in [0, 0.05) is 12.6 Å². The lowest BCUT2D eigenvalue weighted by molar-refractivity contribution is 0.167. The van der Waals surface area contributed by atoms with Crippen LogP contribution < -0.4 is 5.32 Å². The van der Waals surface area contributed by atoms with Gasteiger partial charge in [-0.1, -0.05) is 54.6 Å². The van der Waals surface area contributed by atoms with Crippen molar-refractivity contribution in [1.82, 2.24) is 5.32 Å². The van der Waals surface area contributed by atoms with Crippen LogP contribution in [0.5, 0.6) is 0 Å². The van der Waals surface area contributed by atoms with Gasteiger partial charge in [0.25, 0.3) is 0 Å². The number of hydrogen-bond acceptors (Lipinski definition) is 2. The van der Waals surface area contributed by atoms with E-state index in [0.29, 0.717) is 19.0 Å². The summed E-state index contributed by atoms with van der Waals surface area (Å²) in [7, 11) is 0. The van der Waals surface area contributed by atoms with Crippen LogP contribution in [0.4, 0.5) is 0 Å². The van der Waals surface area contributed by atoms with Crippen molar-refractivity contribution in [2.24, 2.45) is 0 Å². The van der Waals surface area contributed by atoms with Crippen LogP contribution >= 0.6 is 0 Å². The first-order valence-electron chi connectivity index (χ1n) is 7.33. The zero-order valence-corrected chi connectivity index (χ0v) is 11.6. The lowest BCUT2D eigenvalue weighted by Gasteiger charge is -2.16.